The van der Waals surface area contributed by atoms with E-state index in [-0.39, 0.29) is 24.5 Å². The molecule has 4 rings (SSSR count). The van der Waals surface area contributed by atoms with Crippen molar-refractivity contribution in [1.82, 2.24) is 9.88 Å². The van der Waals surface area contributed by atoms with E-state index in [0.29, 0.717) is 48.3 Å². The fraction of sp³-hybridized carbons (Fsp3) is 0.286. The minimum atomic E-state index is -0.127. The molecule has 0 spiro atoms. The van der Waals surface area contributed by atoms with Crippen molar-refractivity contribution in [2.75, 3.05) is 25.2 Å². The van der Waals surface area contributed by atoms with Gasteiger partial charge >= 0.3 is 0 Å². The van der Waals surface area contributed by atoms with Crippen molar-refractivity contribution in [2.45, 2.75) is 12.8 Å². The number of hydrogen-bond acceptors (Lipinski definition) is 5. The van der Waals surface area contributed by atoms with Gasteiger partial charge in [-0.2, -0.15) is 0 Å². The van der Waals surface area contributed by atoms with Gasteiger partial charge in [0, 0.05) is 31.3 Å². The molecule has 3 heterocycles. The van der Waals surface area contributed by atoms with Gasteiger partial charge in [0.15, 0.2) is 11.5 Å². The molecule has 0 unspecified atom stereocenters. The minimum absolute atomic E-state index is 0.0543. The molecule has 150 valence electrons. The number of nitrogens with one attached hydrogen (secondary N) is 1. The molecule has 1 N–H and O–H groups in total. The predicted molar refractivity (Wildman–Crippen MR) is 109 cm³/mol. The number of carbonyl (C=O) groups excluding carboxylic acids is 2. The first-order valence-corrected chi connectivity index (χ1v) is 9.76. The summed E-state index contributed by atoms with van der Waals surface area (Å²) in [5, 5.41) is 3.28. The molecule has 0 aliphatic carbocycles. The summed E-state index contributed by atoms with van der Waals surface area (Å²) >= 11 is 6.17. The lowest BCUT2D eigenvalue weighted by Gasteiger charge is -2.30. The van der Waals surface area contributed by atoms with Crippen molar-refractivity contribution in [3.8, 4) is 11.5 Å². The summed E-state index contributed by atoms with van der Waals surface area (Å²) in [6.07, 6.45) is 6.09. The van der Waals surface area contributed by atoms with Gasteiger partial charge in [-0.05, 0) is 48.7 Å². The van der Waals surface area contributed by atoms with E-state index in [2.05, 4.69) is 10.3 Å². The van der Waals surface area contributed by atoms with Crippen LogP contribution in [-0.2, 0) is 9.59 Å². The quantitative estimate of drug-likeness (QED) is 0.777. The summed E-state index contributed by atoms with van der Waals surface area (Å²) in [7, 11) is 0. The van der Waals surface area contributed by atoms with E-state index in [4.69, 9.17) is 21.1 Å². The molecule has 2 aliphatic heterocycles. The Morgan fingerprint density at radius 2 is 2.03 bits per heavy atom. The number of rotatable bonds is 4. The third-order valence-corrected chi connectivity index (χ3v) is 5.24. The zero-order valence-electron chi connectivity index (χ0n) is 15.6. The number of halogens is 1. The second-order valence-corrected chi connectivity index (χ2v) is 7.28. The molecule has 2 amide bonds. The highest BCUT2D eigenvalue weighted by Crippen LogP contribution is 2.40. The van der Waals surface area contributed by atoms with Gasteiger partial charge in [-0.3, -0.25) is 9.59 Å². The number of aromatic nitrogens is 1. The van der Waals surface area contributed by atoms with E-state index in [0.717, 1.165) is 5.56 Å². The highest BCUT2D eigenvalue weighted by atomic mass is 35.5. The van der Waals surface area contributed by atoms with Crippen LogP contribution in [0.25, 0.3) is 6.08 Å². The molecule has 7 nitrogen and oxygen atoms in total. The number of fused-ring (bicyclic) bond motifs is 1. The first kappa shape index (κ1) is 19.3. The van der Waals surface area contributed by atoms with Crippen molar-refractivity contribution in [1.29, 1.82) is 0 Å². The lowest BCUT2D eigenvalue weighted by molar-refractivity contribution is -0.130. The van der Waals surface area contributed by atoms with Gasteiger partial charge in [0.2, 0.25) is 18.6 Å². The van der Waals surface area contributed by atoms with Crippen molar-refractivity contribution in [3.05, 3.63) is 53.2 Å². The standard InChI is InChI=1S/C21H20ClN3O4/c22-16-11-14(12-17-20(16)29-13-28-17)4-5-19(26)25-9-6-15(7-10-25)21(27)24-18-3-1-2-8-23-18/h1-5,8,11-12,15H,6-7,9-10,13H2,(H,23,24,27). The third-order valence-electron chi connectivity index (χ3n) is 4.96. The van der Waals surface area contributed by atoms with Crippen molar-refractivity contribution in [3.63, 3.8) is 0 Å². The molecular formula is C21H20ClN3O4. The van der Waals surface area contributed by atoms with Gasteiger partial charge in [0.25, 0.3) is 0 Å². The van der Waals surface area contributed by atoms with Gasteiger partial charge in [0.1, 0.15) is 5.82 Å². The van der Waals surface area contributed by atoms with Gasteiger partial charge in [-0.1, -0.05) is 17.7 Å². The van der Waals surface area contributed by atoms with Crippen molar-refractivity contribution < 1.29 is 19.1 Å². The van der Waals surface area contributed by atoms with Crippen LogP contribution in [-0.4, -0.2) is 41.6 Å². The molecule has 1 saturated heterocycles. The number of anilines is 1. The number of benzene rings is 1. The predicted octanol–water partition coefficient (Wildman–Crippen LogP) is 3.35. The van der Waals surface area contributed by atoms with Crippen molar-refractivity contribution >= 4 is 35.3 Å². The lowest BCUT2D eigenvalue weighted by Crippen LogP contribution is -2.40. The smallest absolute Gasteiger partial charge is 0.246 e. The Morgan fingerprint density at radius 1 is 1.21 bits per heavy atom. The molecule has 29 heavy (non-hydrogen) atoms. The maximum absolute atomic E-state index is 12.5. The summed E-state index contributed by atoms with van der Waals surface area (Å²) in [5.74, 6) is 1.37. The zero-order chi connectivity index (χ0) is 20.2. The Kier molecular flexibility index (Phi) is 5.67. The summed E-state index contributed by atoms with van der Waals surface area (Å²) < 4.78 is 10.6. The summed E-state index contributed by atoms with van der Waals surface area (Å²) in [6, 6.07) is 8.89. The summed E-state index contributed by atoms with van der Waals surface area (Å²) in [6.45, 7) is 1.21. The molecule has 0 saturated carbocycles. The molecule has 2 aliphatic rings. The monoisotopic (exact) mass is 413 g/mol. The Balaban J connectivity index is 1.30. The highest BCUT2D eigenvalue weighted by molar-refractivity contribution is 6.32. The van der Waals surface area contributed by atoms with Crippen LogP contribution in [0.15, 0.2) is 42.6 Å². The van der Waals surface area contributed by atoms with Gasteiger partial charge in [0.05, 0.1) is 5.02 Å². The fourth-order valence-corrected chi connectivity index (χ4v) is 3.66. The molecule has 1 aromatic carbocycles. The molecule has 1 fully saturated rings. The molecule has 2 aromatic rings. The first-order chi connectivity index (χ1) is 14.1. The van der Waals surface area contributed by atoms with Gasteiger partial charge < -0.3 is 19.7 Å². The number of ether oxygens (including phenoxy) is 2. The molecule has 8 heteroatoms. The van der Waals surface area contributed by atoms with E-state index >= 15 is 0 Å². The van der Waals surface area contributed by atoms with E-state index in [9.17, 15) is 9.59 Å². The largest absolute Gasteiger partial charge is 0.454 e. The molecule has 0 atom stereocenters. The summed E-state index contributed by atoms with van der Waals surface area (Å²) in [4.78, 5) is 30.7. The fourth-order valence-electron chi connectivity index (χ4n) is 3.38. The lowest BCUT2D eigenvalue weighted by atomic mass is 9.96. The van der Waals surface area contributed by atoms with E-state index in [1.54, 1.807) is 41.4 Å². The van der Waals surface area contributed by atoms with Crippen LogP contribution in [0.5, 0.6) is 11.5 Å². The topological polar surface area (TPSA) is 80.8 Å². The number of carbonyl (C=O) groups is 2. The van der Waals surface area contributed by atoms with Crippen LogP contribution in [0.3, 0.4) is 0 Å². The van der Waals surface area contributed by atoms with Crippen LogP contribution in [0, 0.1) is 5.92 Å². The number of hydrogen-bond donors (Lipinski definition) is 1. The van der Waals surface area contributed by atoms with Crippen molar-refractivity contribution in [2.24, 2.45) is 5.92 Å². The summed E-state index contributed by atoms with van der Waals surface area (Å²) in [5.41, 5.74) is 0.761. The number of nitrogens with zero attached hydrogens (tertiary/aromatic N) is 2. The first-order valence-electron chi connectivity index (χ1n) is 9.38. The Morgan fingerprint density at radius 3 is 2.79 bits per heavy atom. The number of piperidine rings is 1. The van der Waals surface area contributed by atoms with E-state index in [1.165, 1.54) is 6.08 Å². The minimum Gasteiger partial charge on any atom is -0.454 e. The Bertz CT molecular complexity index is 940. The maximum Gasteiger partial charge on any atom is 0.246 e. The number of pyridine rings is 1. The SMILES string of the molecule is O=C(Nc1ccccn1)C1CCN(C(=O)C=Cc2cc(Cl)c3c(c2)OCO3)CC1. The molecule has 1 aromatic heterocycles. The van der Waals surface area contributed by atoms with Crippen LogP contribution >= 0.6 is 11.6 Å². The molecule has 0 radical (unpaired) electrons. The third kappa shape index (κ3) is 4.51. The second-order valence-electron chi connectivity index (χ2n) is 6.87. The Labute approximate surface area is 173 Å². The van der Waals surface area contributed by atoms with Crippen LogP contribution in [0.1, 0.15) is 18.4 Å². The normalized spacial score (nSPS) is 16.2. The van der Waals surface area contributed by atoms with Gasteiger partial charge in [-0.15, -0.1) is 0 Å². The van der Waals surface area contributed by atoms with Crippen LogP contribution in [0.4, 0.5) is 5.82 Å². The second kappa shape index (κ2) is 8.53. The van der Waals surface area contributed by atoms with E-state index in [1.807, 2.05) is 6.07 Å². The number of amides is 2. The van der Waals surface area contributed by atoms with Gasteiger partial charge in [-0.25, -0.2) is 4.98 Å². The number of likely N-dealkylation sites (tertiary alicyclic amines) is 1. The molecular weight excluding hydrogens is 394 g/mol. The highest BCUT2D eigenvalue weighted by Gasteiger charge is 2.27. The average Bonchev–Trinajstić information content (AvgIpc) is 3.22. The van der Waals surface area contributed by atoms with Crippen LogP contribution < -0.4 is 14.8 Å². The maximum atomic E-state index is 12.5. The van der Waals surface area contributed by atoms with E-state index < -0.39 is 0 Å². The average molecular weight is 414 g/mol. The zero-order valence-corrected chi connectivity index (χ0v) is 16.4. The molecule has 0 bridgehead atoms. The Hall–Kier alpha value is -3.06. The van der Waals surface area contributed by atoms with Crippen LogP contribution in [0.2, 0.25) is 5.02 Å².